The van der Waals surface area contributed by atoms with Crippen LogP contribution in [0.5, 0.6) is 0 Å². The molecular formula is C11H8FN3O. The maximum atomic E-state index is 13.4. The Hall–Kier alpha value is -2.30. The molecule has 0 unspecified atom stereocenters. The summed E-state index contributed by atoms with van der Waals surface area (Å²) >= 11 is 0. The van der Waals surface area contributed by atoms with Crippen molar-refractivity contribution in [2.24, 2.45) is 0 Å². The molecule has 3 N–H and O–H groups in total. The van der Waals surface area contributed by atoms with Crippen molar-refractivity contribution in [1.82, 2.24) is 10.2 Å². The number of aromatic nitrogens is 2. The minimum atomic E-state index is -0.306. The highest BCUT2D eigenvalue weighted by Gasteiger charge is 2.10. The molecule has 0 saturated carbocycles. The molecule has 2 heterocycles. The first kappa shape index (κ1) is 8.96. The molecule has 0 saturated heterocycles. The lowest BCUT2D eigenvalue weighted by Gasteiger charge is -1.87. The number of nitrogens with two attached hydrogens (primary N) is 1. The van der Waals surface area contributed by atoms with Gasteiger partial charge in [0.15, 0.2) is 5.76 Å². The van der Waals surface area contributed by atoms with E-state index in [-0.39, 0.29) is 5.82 Å². The maximum absolute atomic E-state index is 13.4. The average molecular weight is 217 g/mol. The number of fused-ring (bicyclic) bond motifs is 1. The third-order valence-electron chi connectivity index (χ3n) is 2.37. The molecule has 0 aliphatic rings. The SMILES string of the molecule is Nc1cc(-c2cc3c(F)cccc3o2)[nH]n1. The van der Waals surface area contributed by atoms with Gasteiger partial charge in [0.25, 0.3) is 0 Å². The van der Waals surface area contributed by atoms with E-state index < -0.39 is 0 Å². The van der Waals surface area contributed by atoms with Crippen LogP contribution in [0.4, 0.5) is 10.2 Å². The lowest BCUT2D eigenvalue weighted by Crippen LogP contribution is -1.81. The highest BCUT2D eigenvalue weighted by Crippen LogP contribution is 2.28. The Bertz CT molecular complexity index is 656. The first-order chi connectivity index (χ1) is 7.74. The van der Waals surface area contributed by atoms with E-state index in [1.54, 1.807) is 24.3 Å². The lowest BCUT2D eigenvalue weighted by molar-refractivity contribution is 0.620. The van der Waals surface area contributed by atoms with E-state index in [1.165, 1.54) is 6.07 Å². The van der Waals surface area contributed by atoms with E-state index in [4.69, 9.17) is 10.2 Å². The molecule has 80 valence electrons. The molecule has 3 rings (SSSR count). The van der Waals surface area contributed by atoms with Gasteiger partial charge < -0.3 is 10.2 Å². The fourth-order valence-corrected chi connectivity index (χ4v) is 1.62. The van der Waals surface area contributed by atoms with Crippen LogP contribution < -0.4 is 5.73 Å². The van der Waals surface area contributed by atoms with Gasteiger partial charge in [0.1, 0.15) is 22.9 Å². The Kier molecular flexibility index (Phi) is 1.73. The normalized spacial score (nSPS) is 11.1. The molecule has 0 atom stereocenters. The van der Waals surface area contributed by atoms with Crippen LogP contribution in [0.25, 0.3) is 22.4 Å². The Morgan fingerprint density at radius 2 is 2.19 bits per heavy atom. The van der Waals surface area contributed by atoms with Crippen molar-refractivity contribution in [3.8, 4) is 11.5 Å². The van der Waals surface area contributed by atoms with Crippen molar-refractivity contribution in [1.29, 1.82) is 0 Å². The van der Waals surface area contributed by atoms with E-state index in [0.717, 1.165) is 0 Å². The molecule has 0 aliphatic carbocycles. The van der Waals surface area contributed by atoms with Gasteiger partial charge in [-0.3, -0.25) is 5.10 Å². The zero-order valence-electron chi connectivity index (χ0n) is 8.20. The molecule has 0 aliphatic heterocycles. The van der Waals surface area contributed by atoms with Crippen molar-refractivity contribution >= 4 is 16.8 Å². The number of hydrogen-bond donors (Lipinski definition) is 2. The van der Waals surface area contributed by atoms with Crippen LogP contribution in [0.3, 0.4) is 0 Å². The third kappa shape index (κ3) is 1.25. The predicted octanol–water partition coefficient (Wildman–Crippen LogP) is 2.54. The summed E-state index contributed by atoms with van der Waals surface area (Å²) in [6, 6.07) is 7.96. The van der Waals surface area contributed by atoms with Gasteiger partial charge in [-0.15, -0.1) is 0 Å². The van der Waals surface area contributed by atoms with Crippen molar-refractivity contribution in [3.63, 3.8) is 0 Å². The first-order valence-corrected chi connectivity index (χ1v) is 4.73. The number of nitrogens with one attached hydrogen (secondary N) is 1. The summed E-state index contributed by atoms with van der Waals surface area (Å²) in [7, 11) is 0. The molecule has 3 aromatic rings. The van der Waals surface area contributed by atoms with Crippen molar-refractivity contribution < 1.29 is 8.81 Å². The molecule has 0 radical (unpaired) electrons. The van der Waals surface area contributed by atoms with Crippen LogP contribution >= 0.6 is 0 Å². The van der Waals surface area contributed by atoms with E-state index in [0.29, 0.717) is 28.2 Å². The quantitative estimate of drug-likeness (QED) is 0.658. The summed E-state index contributed by atoms with van der Waals surface area (Å²) in [5.74, 6) is 0.584. The molecule has 5 heteroatoms. The fourth-order valence-electron chi connectivity index (χ4n) is 1.62. The molecule has 0 fully saturated rings. The van der Waals surface area contributed by atoms with Crippen LogP contribution in [0.2, 0.25) is 0 Å². The number of nitrogen functional groups attached to an aromatic ring is 1. The number of H-pyrrole nitrogens is 1. The second-order valence-electron chi connectivity index (χ2n) is 3.47. The minimum absolute atomic E-state index is 0.306. The van der Waals surface area contributed by atoms with Gasteiger partial charge in [-0.1, -0.05) is 6.07 Å². The minimum Gasteiger partial charge on any atom is -0.454 e. The Labute approximate surface area is 89.9 Å². The Balaban J connectivity index is 2.22. The summed E-state index contributed by atoms with van der Waals surface area (Å²) < 4.78 is 18.9. The highest BCUT2D eigenvalue weighted by molar-refractivity contribution is 5.82. The zero-order chi connectivity index (χ0) is 11.1. The van der Waals surface area contributed by atoms with E-state index in [9.17, 15) is 4.39 Å². The molecule has 16 heavy (non-hydrogen) atoms. The number of furan rings is 1. The number of anilines is 1. The topological polar surface area (TPSA) is 67.8 Å². The standard InChI is InChI=1S/C11H8FN3O/c12-7-2-1-3-9-6(7)4-10(16-9)8-5-11(13)15-14-8/h1-5H,(H3,13,14,15). The molecule has 0 spiro atoms. The number of rotatable bonds is 1. The number of nitrogens with zero attached hydrogens (tertiary/aromatic N) is 1. The van der Waals surface area contributed by atoms with Gasteiger partial charge in [0.2, 0.25) is 0 Å². The monoisotopic (exact) mass is 217 g/mol. The first-order valence-electron chi connectivity index (χ1n) is 4.73. The van der Waals surface area contributed by atoms with Crippen molar-refractivity contribution in [2.75, 3.05) is 5.73 Å². The summed E-state index contributed by atoms with van der Waals surface area (Å²) in [6.07, 6.45) is 0. The average Bonchev–Trinajstić information content (AvgIpc) is 2.84. The largest absolute Gasteiger partial charge is 0.454 e. The van der Waals surface area contributed by atoms with Gasteiger partial charge in [-0.2, -0.15) is 5.10 Å². The third-order valence-corrected chi connectivity index (χ3v) is 2.37. The van der Waals surface area contributed by atoms with Gasteiger partial charge >= 0.3 is 0 Å². The summed E-state index contributed by atoms with van der Waals surface area (Å²) in [6.45, 7) is 0. The molecule has 0 bridgehead atoms. The van der Waals surface area contributed by atoms with Crippen LogP contribution in [-0.4, -0.2) is 10.2 Å². The van der Waals surface area contributed by atoms with E-state index >= 15 is 0 Å². The highest BCUT2D eigenvalue weighted by atomic mass is 19.1. The predicted molar refractivity (Wildman–Crippen MR) is 58.2 cm³/mol. The van der Waals surface area contributed by atoms with Crippen molar-refractivity contribution in [2.45, 2.75) is 0 Å². The number of benzene rings is 1. The van der Waals surface area contributed by atoms with Crippen LogP contribution in [-0.2, 0) is 0 Å². The fraction of sp³-hybridized carbons (Fsp3) is 0. The molecule has 0 amide bonds. The van der Waals surface area contributed by atoms with Gasteiger partial charge in [-0.25, -0.2) is 4.39 Å². The second-order valence-corrected chi connectivity index (χ2v) is 3.47. The summed E-state index contributed by atoms with van der Waals surface area (Å²) in [4.78, 5) is 0. The second kappa shape index (κ2) is 3.10. The van der Waals surface area contributed by atoms with E-state index in [2.05, 4.69) is 10.2 Å². The summed E-state index contributed by atoms with van der Waals surface area (Å²) in [5, 5.41) is 6.95. The Morgan fingerprint density at radius 1 is 1.31 bits per heavy atom. The zero-order valence-corrected chi connectivity index (χ0v) is 8.20. The number of hydrogen-bond acceptors (Lipinski definition) is 3. The molecular weight excluding hydrogens is 209 g/mol. The van der Waals surface area contributed by atoms with Gasteiger partial charge in [-0.05, 0) is 18.2 Å². The van der Waals surface area contributed by atoms with Crippen LogP contribution in [0, 0.1) is 5.82 Å². The lowest BCUT2D eigenvalue weighted by atomic mass is 10.2. The maximum Gasteiger partial charge on any atom is 0.153 e. The van der Waals surface area contributed by atoms with Crippen LogP contribution in [0.15, 0.2) is 34.7 Å². The molecule has 4 nitrogen and oxygen atoms in total. The Morgan fingerprint density at radius 3 is 2.88 bits per heavy atom. The molecule has 1 aromatic carbocycles. The number of aromatic amines is 1. The summed E-state index contributed by atoms with van der Waals surface area (Å²) in [5.41, 5.74) is 6.62. The number of halogens is 1. The van der Waals surface area contributed by atoms with Crippen molar-refractivity contribution in [3.05, 3.63) is 36.1 Å². The van der Waals surface area contributed by atoms with Crippen LogP contribution in [0.1, 0.15) is 0 Å². The van der Waals surface area contributed by atoms with Gasteiger partial charge in [0.05, 0.1) is 5.39 Å². The van der Waals surface area contributed by atoms with E-state index in [1.807, 2.05) is 0 Å². The van der Waals surface area contributed by atoms with Gasteiger partial charge in [0, 0.05) is 6.07 Å². The smallest absolute Gasteiger partial charge is 0.153 e. The molecule has 2 aromatic heterocycles.